The number of hydrogen-bond donors (Lipinski definition) is 3. The van der Waals surface area contributed by atoms with Gasteiger partial charge in [-0.1, -0.05) is 0 Å². The van der Waals surface area contributed by atoms with E-state index in [4.69, 9.17) is 5.73 Å². The molecule has 26 heavy (non-hydrogen) atoms. The van der Waals surface area contributed by atoms with E-state index < -0.39 is 20.8 Å². The van der Waals surface area contributed by atoms with E-state index in [0.29, 0.717) is 6.42 Å². The number of carbonyl (C=O) groups excluding carboxylic acids is 1. The van der Waals surface area contributed by atoms with Gasteiger partial charge in [0.15, 0.2) is 9.84 Å². The number of nitrogens with one attached hydrogen (secondary N) is 2. The summed E-state index contributed by atoms with van der Waals surface area (Å²) in [4.78, 5) is 22.1. The molecule has 1 atom stereocenters. The highest BCUT2D eigenvalue weighted by molar-refractivity contribution is 7.98. The van der Waals surface area contributed by atoms with E-state index in [-0.39, 0.29) is 47.7 Å². The van der Waals surface area contributed by atoms with Crippen LogP contribution in [0.2, 0.25) is 0 Å². The maximum Gasteiger partial charge on any atom is 0.293 e. The Balaban J connectivity index is 0.00000625. The quantitative estimate of drug-likeness (QED) is 0.286. The minimum Gasteiger partial charge on any atom is -0.378 e. The lowest BCUT2D eigenvalue weighted by molar-refractivity contribution is -0.384. The number of benzene rings is 1. The van der Waals surface area contributed by atoms with E-state index in [9.17, 15) is 23.3 Å². The fourth-order valence-corrected chi connectivity index (χ4v) is 3.06. The van der Waals surface area contributed by atoms with Gasteiger partial charge in [0, 0.05) is 25.4 Å². The van der Waals surface area contributed by atoms with Gasteiger partial charge in [-0.15, -0.1) is 12.4 Å². The summed E-state index contributed by atoms with van der Waals surface area (Å²) in [6.07, 6.45) is 3.48. The zero-order chi connectivity index (χ0) is 19.0. The van der Waals surface area contributed by atoms with Gasteiger partial charge in [0.05, 0.1) is 15.9 Å². The van der Waals surface area contributed by atoms with Crippen LogP contribution in [-0.4, -0.2) is 56.6 Å². The number of amides is 1. The zero-order valence-corrected chi connectivity index (χ0v) is 16.9. The van der Waals surface area contributed by atoms with E-state index in [0.717, 1.165) is 18.1 Å². The topological polar surface area (TPSA) is 144 Å². The Bertz CT molecular complexity index is 730. The molecule has 4 N–H and O–H groups in total. The van der Waals surface area contributed by atoms with Crippen molar-refractivity contribution >= 4 is 51.3 Å². The third-order valence-corrected chi connectivity index (χ3v) is 5.06. The van der Waals surface area contributed by atoms with Gasteiger partial charge in [-0.05, 0) is 30.6 Å². The van der Waals surface area contributed by atoms with Crippen molar-refractivity contribution < 1.29 is 18.1 Å². The molecule has 0 saturated carbocycles. The lowest BCUT2D eigenvalue weighted by Crippen LogP contribution is -2.42. The van der Waals surface area contributed by atoms with Gasteiger partial charge in [-0.2, -0.15) is 11.8 Å². The standard InChI is InChI=1S/C14H22N4O5S2.ClH/c1-24-8-5-11(15)14(19)17-7-6-16-12-4-3-10(25(2,22)23)9-13(12)18(20)21;/h3-4,9,11,16H,5-8,15H2,1-2H3,(H,17,19);1H/t11-;/m0./s1. The van der Waals surface area contributed by atoms with E-state index in [2.05, 4.69) is 10.6 Å². The Morgan fingerprint density at radius 3 is 2.58 bits per heavy atom. The fraction of sp³-hybridized carbons (Fsp3) is 0.500. The van der Waals surface area contributed by atoms with Crippen molar-refractivity contribution in [1.82, 2.24) is 5.32 Å². The maximum atomic E-state index is 11.7. The summed E-state index contributed by atoms with van der Waals surface area (Å²) < 4.78 is 23.0. The molecule has 1 rings (SSSR count). The lowest BCUT2D eigenvalue weighted by Gasteiger charge is -2.12. The van der Waals surface area contributed by atoms with Crippen molar-refractivity contribution in [1.29, 1.82) is 0 Å². The molecule has 0 aliphatic carbocycles. The van der Waals surface area contributed by atoms with Crippen LogP contribution in [0.25, 0.3) is 0 Å². The van der Waals surface area contributed by atoms with Crippen molar-refractivity contribution in [3.05, 3.63) is 28.3 Å². The molecule has 0 unspecified atom stereocenters. The summed E-state index contributed by atoms with van der Waals surface area (Å²) in [5, 5.41) is 16.6. The minimum absolute atomic E-state index is 0. The molecule has 0 aliphatic rings. The molecular weight excluding hydrogens is 404 g/mol. The van der Waals surface area contributed by atoms with Crippen molar-refractivity contribution in [3.63, 3.8) is 0 Å². The second kappa shape index (κ2) is 11.2. The molecule has 0 saturated heterocycles. The largest absolute Gasteiger partial charge is 0.378 e. The normalized spacial score (nSPS) is 12.0. The number of nitrogens with two attached hydrogens (primary N) is 1. The molecule has 9 nitrogen and oxygen atoms in total. The van der Waals surface area contributed by atoms with Gasteiger partial charge in [0.25, 0.3) is 5.69 Å². The number of halogens is 1. The summed E-state index contributed by atoms with van der Waals surface area (Å²) in [7, 11) is -3.53. The Morgan fingerprint density at radius 2 is 2.04 bits per heavy atom. The van der Waals surface area contributed by atoms with Crippen LogP contribution in [-0.2, 0) is 14.6 Å². The number of nitro groups is 1. The average molecular weight is 427 g/mol. The Morgan fingerprint density at radius 1 is 1.38 bits per heavy atom. The van der Waals surface area contributed by atoms with E-state index in [1.165, 1.54) is 12.1 Å². The summed E-state index contributed by atoms with van der Waals surface area (Å²) in [6, 6.07) is 3.05. The summed E-state index contributed by atoms with van der Waals surface area (Å²) >= 11 is 1.60. The highest BCUT2D eigenvalue weighted by Crippen LogP contribution is 2.27. The summed E-state index contributed by atoms with van der Waals surface area (Å²) in [5.41, 5.74) is 5.56. The molecule has 1 aromatic carbocycles. The molecule has 0 heterocycles. The SMILES string of the molecule is CSCC[C@H](N)C(=O)NCCNc1ccc(S(C)(=O)=O)cc1[N+](=O)[O-].Cl. The van der Waals surface area contributed by atoms with Gasteiger partial charge in [-0.25, -0.2) is 8.42 Å². The number of rotatable bonds is 10. The second-order valence-corrected chi connectivity index (χ2v) is 8.32. The maximum absolute atomic E-state index is 11.7. The number of carbonyl (C=O) groups is 1. The van der Waals surface area contributed by atoms with Gasteiger partial charge in [0.2, 0.25) is 5.91 Å². The third-order valence-electron chi connectivity index (χ3n) is 3.30. The van der Waals surface area contributed by atoms with Crippen molar-refractivity contribution in [2.75, 3.05) is 36.7 Å². The Hall–Kier alpha value is -1.56. The van der Waals surface area contributed by atoms with Crippen molar-refractivity contribution in [3.8, 4) is 0 Å². The molecule has 0 aliphatic heterocycles. The van der Waals surface area contributed by atoms with Crippen LogP contribution in [0.4, 0.5) is 11.4 Å². The van der Waals surface area contributed by atoms with Crippen molar-refractivity contribution in [2.24, 2.45) is 5.73 Å². The van der Waals surface area contributed by atoms with Gasteiger partial charge in [0.1, 0.15) is 5.69 Å². The summed E-state index contributed by atoms with van der Waals surface area (Å²) in [6.45, 7) is 0.469. The third kappa shape index (κ3) is 7.77. The molecule has 0 radical (unpaired) electrons. The molecule has 1 aromatic rings. The lowest BCUT2D eigenvalue weighted by atomic mass is 10.2. The molecule has 148 valence electrons. The van der Waals surface area contributed by atoms with Crippen LogP contribution in [0.5, 0.6) is 0 Å². The molecule has 12 heteroatoms. The monoisotopic (exact) mass is 426 g/mol. The van der Waals surface area contributed by atoms with Gasteiger partial charge < -0.3 is 16.4 Å². The number of nitrogens with zero attached hydrogens (tertiary/aromatic N) is 1. The van der Waals surface area contributed by atoms with E-state index >= 15 is 0 Å². The average Bonchev–Trinajstić information content (AvgIpc) is 2.55. The first-order chi connectivity index (χ1) is 11.7. The number of thioether (sulfide) groups is 1. The van der Waals surface area contributed by atoms with Crippen LogP contribution < -0.4 is 16.4 Å². The van der Waals surface area contributed by atoms with Crippen LogP contribution in [0.1, 0.15) is 6.42 Å². The van der Waals surface area contributed by atoms with Crippen LogP contribution in [0.15, 0.2) is 23.1 Å². The highest BCUT2D eigenvalue weighted by Gasteiger charge is 2.18. The zero-order valence-electron chi connectivity index (χ0n) is 14.4. The molecule has 0 fully saturated rings. The highest BCUT2D eigenvalue weighted by atomic mass is 35.5. The molecular formula is C14H23ClN4O5S2. The van der Waals surface area contributed by atoms with Crippen molar-refractivity contribution in [2.45, 2.75) is 17.4 Å². The van der Waals surface area contributed by atoms with E-state index in [1.807, 2.05) is 6.26 Å². The van der Waals surface area contributed by atoms with Gasteiger partial charge in [-0.3, -0.25) is 14.9 Å². The minimum atomic E-state index is -3.53. The van der Waals surface area contributed by atoms with Crippen LogP contribution in [0.3, 0.4) is 0 Å². The smallest absolute Gasteiger partial charge is 0.293 e. The first kappa shape index (κ1) is 24.4. The number of sulfone groups is 1. The fourth-order valence-electron chi connectivity index (χ4n) is 1.93. The number of nitro benzene ring substituents is 1. The first-order valence-electron chi connectivity index (χ1n) is 7.41. The van der Waals surface area contributed by atoms with Gasteiger partial charge >= 0.3 is 0 Å². The molecule has 0 aromatic heterocycles. The number of anilines is 1. The summed E-state index contributed by atoms with van der Waals surface area (Å²) in [5.74, 6) is 0.504. The predicted octanol–water partition coefficient (Wildman–Crippen LogP) is 1.03. The van der Waals surface area contributed by atoms with Crippen LogP contribution >= 0.6 is 24.2 Å². The second-order valence-electron chi connectivity index (χ2n) is 5.31. The Kier molecular flexibility index (Phi) is 10.5. The predicted molar refractivity (Wildman–Crippen MR) is 106 cm³/mol. The number of hydrogen-bond acceptors (Lipinski definition) is 8. The Labute approximate surface area is 163 Å². The molecule has 0 spiro atoms. The molecule has 1 amide bonds. The first-order valence-corrected chi connectivity index (χ1v) is 10.7. The van der Waals surface area contributed by atoms with Crippen LogP contribution in [0, 0.1) is 10.1 Å². The molecule has 0 bridgehead atoms. The van der Waals surface area contributed by atoms with E-state index in [1.54, 1.807) is 11.8 Å².